The summed E-state index contributed by atoms with van der Waals surface area (Å²) in [6, 6.07) is 12.4. The van der Waals surface area contributed by atoms with Crippen molar-refractivity contribution in [1.82, 2.24) is 5.32 Å². The van der Waals surface area contributed by atoms with Crippen LogP contribution in [-0.2, 0) is 0 Å². The fourth-order valence-corrected chi connectivity index (χ4v) is 3.12. The number of ether oxygens (including phenoxy) is 2. The van der Waals surface area contributed by atoms with Gasteiger partial charge in [-0.25, -0.2) is 0 Å². The highest BCUT2D eigenvalue weighted by molar-refractivity contribution is 9.10. The van der Waals surface area contributed by atoms with Gasteiger partial charge in [-0.1, -0.05) is 22.0 Å². The number of nitrogens with one attached hydrogen (secondary N) is 1. The Morgan fingerprint density at radius 3 is 2.38 bits per heavy atom. The summed E-state index contributed by atoms with van der Waals surface area (Å²) in [6.45, 7) is 2.09. The summed E-state index contributed by atoms with van der Waals surface area (Å²) in [6.07, 6.45) is 0. The van der Waals surface area contributed by atoms with Gasteiger partial charge in [-0.2, -0.15) is 0 Å². The number of aryl methyl sites for hydroxylation is 1. The minimum Gasteiger partial charge on any atom is -0.497 e. The molecule has 0 saturated heterocycles. The van der Waals surface area contributed by atoms with Gasteiger partial charge in [0, 0.05) is 16.1 Å². The lowest BCUT2D eigenvalue weighted by Crippen LogP contribution is -2.18. The molecule has 1 unspecified atom stereocenters. The molecule has 4 heteroatoms. The van der Waals surface area contributed by atoms with Gasteiger partial charge in [0.25, 0.3) is 0 Å². The maximum Gasteiger partial charge on any atom is 0.127 e. The zero-order chi connectivity index (χ0) is 15.4. The summed E-state index contributed by atoms with van der Waals surface area (Å²) >= 11 is 3.56. The second-order valence-corrected chi connectivity index (χ2v) is 5.81. The lowest BCUT2D eigenvalue weighted by atomic mass is 9.96. The van der Waals surface area contributed by atoms with Crippen LogP contribution in [0.2, 0.25) is 0 Å². The SMILES string of the molecule is CNC(c1cc(C)cc(Br)c1)c1ccc(OC)cc1OC. The van der Waals surface area contributed by atoms with E-state index in [2.05, 4.69) is 46.4 Å². The Kier molecular flexibility index (Phi) is 5.26. The molecule has 112 valence electrons. The first kappa shape index (κ1) is 15.9. The van der Waals surface area contributed by atoms with Crippen molar-refractivity contribution in [3.63, 3.8) is 0 Å². The van der Waals surface area contributed by atoms with E-state index in [1.807, 2.05) is 25.2 Å². The lowest BCUT2D eigenvalue weighted by Gasteiger charge is -2.21. The number of benzene rings is 2. The molecule has 2 aromatic carbocycles. The third-order valence-corrected chi connectivity index (χ3v) is 3.90. The van der Waals surface area contributed by atoms with Crippen LogP contribution >= 0.6 is 15.9 Å². The van der Waals surface area contributed by atoms with Crippen molar-refractivity contribution in [2.45, 2.75) is 13.0 Å². The Bertz CT molecular complexity index is 608. The highest BCUT2D eigenvalue weighted by Crippen LogP contribution is 2.34. The first-order chi connectivity index (χ1) is 10.1. The molecule has 3 nitrogen and oxygen atoms in total. The molecule has 1 atom stereocenters. The van der Waals surface area contributed by atoms with Crippen molar-refractivity contribution in [2.24, 2.45) is 0 Å². The van der Waals surface area contributed by atoms with Gasteiger partial charge in [0.1, 0.15) is 11.5 Å². The van der Waals surface area contributed by atoms with E-state index in [4.69, 9.17) is 9.47 Å². The van der Waals surface area contributed by atoms with E-state index in [-0.39, 0.29) is 6.04 Å². The van der Waals surface area contributed by atoms with Crippen LogP contribution in [0, 0.1) is 6.92 Å². The zero-order valence-electron chi connectivity index (χ0n) is 12.7. The average Bonchev–Trinajstić information content (AvgIpc) is 2.47. The van der Waals surface area contributed by atoms with E-state index in [0.717, 1.165) is 21.5 Å². The monoisotopic (exact) mass is 349 g/mol. The van der Waals surface area contributed by atoms with Crippen LogP contribution in [0.1, 0.15) is 22.7 Å². The molecule has 0 bridgehead atoms. The Morgan fingerprint density at radius 2 is 1.81 bits per heavy atom. The molecule has 0 aromatic heterocycles. The summed E-state index contributed by atoms with van der Waals surface area (Å²) in [5.74, 6) is 1.60. The van der Waals surface area contributed by atoms with E-state index in [9.17, 15) is 0 Å². The summed E-state index contributed by atoms with van der Waals surface area (Å²) in [7, 11) is 5.28. The van der Waals surface area contributed by atoms with E-state index in [1.54, 1.807) is 14.2 Å². The van der Waals surface area contributed by atoms with Crippen LogP contribution in [0.4, 0.5) is 0 Å². The number of rotatable bonds is 5. The second-order valence-electron chi connectivity index (χ2n) is 4.89. The Hall–Kier alpha value is -1.52. The molecule has 2 aromatic rings. The highest BCUT2D eigenvalue weighted by atomic mass is 79.9. The maximum absolute atomic E-state index is 5.52. The Morgan fingerprint density at radius 1 is 1.05 bits per heavy atom. The molecule has 1 N–H and O–H groups in total. The average molecular weight is 350 g/mol. The maximum atomic E-state index is 5.52. The summed E-state index contributed by atoms with van der Waals surface area (Å²) < 4.78 is 11.9. The molecule has 0 fully saturated rings. The van der Waals surface area contributed by atoms with Crippen LogP contribution in [0.25, 0.3) is 0 Å². The molecule has 0 amide bonds. The summed E-state index contributed by atoms with van der Waals surface area (Å²) in [5.41, 5.74) is 3.48. The summed E-state index contributed by atoms with van der Waals surface area (Å²) in [4.78, 5) is 0. The molecular weight excluding hydrogens is 330 g/mol. The zero-order valence-corrected chi connectivity index (χ0v) is 14.3. The van der Waals surface area contributed by atoms with Crippen molar-refractivity contribution >= 4 is 15.9 Å². The first-order valence-electron chi connectivity index (χ1n) is 6.75. The van der Waals surface area contributed by atoms with E-state index in [1.165, 1.54) is 11.1 Å². The Balaban J connectivity index is 2.50. The minimum absolute atomic E-state index is 0.0575. The van der Waals surface area contributed by atoms with Crippen LogP contribution in [-0.4, -0.2) is 21.3 Å². The quantitative estimate of drug-likeness (QED) is 0.881. The number of hydrogen-bond acceptors (Lipinski definition) is 3. The smallest absolute Gasteiger partial charge is 0.127 e. The molecule has 2 rings (SSSR count). The van der Waals surface area contributed by atoms with Crippen LogP contribution in [0.3, 0.4) is 0 Å². The number of methoxy groups -OCH3 is 2. The molecule has 0 aliphatic carbocycles. The Labute approximate surface area is 134 Å². The topological polar surface area (TPSA) is 30.5 Å². The predicted molar refractivity (Wildman–Crippen MR) is 89.3 cm³/mol. The molecule has 0 spiro atoms. The third-order valence-electron chi connectivity index (χ3n) is 3.44. The van der Waals surface area contributed by atoms with Crippen molar-refractivity contribution in [3.8, 4) is 11.5 Å². The van der Waals surface area contributed by atoms with Crippen LogP contribution in [0.5, 0.6) is 11.5 Å². The van der Waals surface area contributed by atoms with Crippen LogP contribution in [0.15, 0.2) is 40.9 Å². The van der Waals surface area contributed by atoms with Gasteiger partial charge in [0.15, 0.2) is 0 Å². The van der Waals surface area contributed by atoms with Gasteiger partial charge in [-0.3, -0.25) is 0 Å². The molecule has 21 heavy (non-hydrogen) atoms. The molecule has 0 saturated carbocycles. The standard InChI is InChI=1S/C17H20BrNO2/c1-11-7-12(9-13(18)8-11)17(19-2)15-6-5-14(20-3)10-16(15)21-4/h5-10,17,19H,1-4H3. The highest BCUT2D eigenvalue weighted by Gasteiger charge is 2.18. The van der Waals surface area contributed by atoms with E-state index in [0.29, 0.717) is 0 Å². The van der Waals surface area contributed by atoms with Crippen molar-refractivity contribution in [1.29, 1.82) is 0 Å². The fraction of sp³-hybridized carbons (Fsp3) is 0.294. The van der Waals surface area contributed by atoms with Gasteiger partial charge >= 0.3 is 0 Å². The number of hydrogen-bond donors (Lipinski definition) is 1. The molecule has 0 radical (unpaired) electrons. The summed E-state index contributed by atoms with van der Waals surface area (Å²) in [5, 5.41) is 3.36. The number of halogens is 1. The van der Waals surface area contributed by atoms with Crippen molar-refractivity contribution in [2.75, 3.05) is 21.3 Å². The van der Waals surface area contributed by atoms with Gasteiger partial charge in [0.2, 0.25) is 0 Å². The predicted octanol–water partition coefficient (Wildman–Crippen LogP) is 4.08. The second kappa shape index (κ2) is 6.96. The first-order valence-corrected chi connectivity index (χ1v) is 7.54. The largest absolute Gasteiger partial charge is 0.497 e. The molecular formula is C17H20BrNO2. The van der Waals surface area contributed by atoms with Gasteiger partial charge < -0.3 is 14.8 Å². The van der Waals surface area contributed by atoms with Gasteiger partial charge in [-0.15, -0.1) is 0 Å². The van der Waals surface area contributed by atoms with E-state index >= 15 is 0 Å². The van der Waals surface area contributed by atoms with Gasteiger partial charge in [0.05, 0.1) is 20.3 Å². The third kappa shape index (κ3) is 3.57. The molecule has 0 aliphatic rings. The normalized spacial score (nSPS) is 12.0. The molecule has 0 aliphatic heterocycles. The molecule has 0 heterocycles. The van der Waals surface area contributed by atoms with Crippen molar-refractivity contribution < 1.29 is 9.47 Å². The van der Waals surface area contributed by atoms with Gasteiger partial charge in [-0.05, 0) is 49.4 Å². The van der Waals surface area contributed by atoms with Crippen molar-refractivity contribution in [3.05, 3.63) is 57.6 Å². The van der Waals surface area contributed by atoms with Crippen LogP contribution < -0.4 is 14.8 Å². The van der Waals surface area contributed by atoms with E-state index < -0.39 is 0 Å². The fourth-order valence-electron chi connectivity index (χ4n) is 2.49. The lowest BCUT2D eigenvalue weighted by molar-refractivity contribution is 0.388. The minimum atomic E-state index is 0.0575.